The highest BCUT2D eigenvalue weighted by molar-refractivity contribution is 7.89. The number of carbonyl (C=O) groups is 2. The van der Waals surface area contributed by atoms with Gasteiger partial charge < -0.3 is 14.8 Å². The van der Waals surface area contributed by atoms with Gasteiger partial charge in [-0.25, -0.2) is 13.1 Å². The molecular weight excluding hydrogens is 432 g/mol. The normalized spacial score (nSPS) is 12.3. The summed E-state index contributed by atoms with van der Waals surface area (Å²) in [6.45, 7) is 5.40. The van der Waals surface area contributed by atoms with Crippen LogP contribution in [0.2, 0.25) is 0 Å². The van der Waals surface area contributed by atoms with Crippen molar-refractivity contribution in [2.75, 3.05) is 20.3 Å². The predicted molar refractivity (Wildman–Crippen MR) is 121 cm³/mol. The molecule has 0 spiro atoms. The van der Waals surface area contributed by atoms with E-state index in [0.29, 0.717) is 6.42 Å². The fraction of sp³-hybridized carbons (Fsp3) is 0.391. The SMILES string of the molecule is CCOC(=O)C(CNC(=O)c1ccc(OC)c(S(=O)(=O)NC(C)C)c1)Cc1ccccc1. The van der Waals surface area contributed by atoms with E-state index in [0.717, 1.165) is 5.56 Å². The number of ether oxygens (including phenoxy) is 2. The average molecular weight is 463 g/mol. The van der Waals surface area contributed by atoms with Crippen LogP contribution in [0.3, 0.4) is 0 Å². The van der Waals surface area contributed by atoms with Crippen LogP contribution < -0.4 is 14.8 Å². The molecule has 0 aliphatic heterocycles. The first kappa shape index (κ1) is 25.4. The van der Waals surface area contributed by atoms with Crippen molar-refractivity contribution < 1.29 is 27.5 Å². The molecule has 1 atom stereocenters. The molecule has 0 saturated heterocycles. The number of methoxy groups -OCH3 is 1. The van der Waals surface area contributed by atoms with Gasteiger partial charge in [0.05, 0.1) is 19.6 Å². The molecule has 8 nitrogen and oxygen atoms in total. The maximum atomic E-state index is 12.8. The van der Waals surface area contributed by atoms with E-state index in [1.54, 1.807) is 20.8 Å². The van der Waals surface area contributed by atoms with Crippen molar-refractivity contribution in [1.29, 1.82) is 0 Å². The standard InChI is InChI=1S/C23H30N2O6S/c1-5-31-23(27)19(13-17-9-7-6-8-10-17)15-24-22(26)18-11-12-20(30-4)21(14-18)32(28,29)25-16(2)3/h6-12,14,16,19,25H,5,13,15H2,1-4H3,(H,24,26). The van der Waals surface area contributed by atoms with Gasteiger partial charge in [0.2, 0.25) is 10.0 Å². The summed E-state index contributed by atoms with van der Waals surface area (Å²) in [4.78, 5) is 25.0. The van der Waals surface area contributed by atoms with E-state index >= 15 is 0 Å². The Labute approximate surface area is 189 Å². The number of rotatable bonds is 11. The first-order chi connectivity index (χ1) is 15.2. The van der Waals surface area contributed by atoms with Crippen molar-refractivity contribution in [2.45, 2.75) is 38.1 Å². The van der Waals surface area contributed by atoms with Crippen LogP contribution in [0.4, 0.5) is 0 Å². The van der Waals surface area contributed by atoms with E-state index in [9.17, 15) is 18.0 Å². The van der Waals surface area contributed by atoms with Gasteiger partial charge in [-0.3, -0.25) is 9.59 Å². The number of hydrogen-bond donors (Lipinski definition) is 2. The Morgan fingerprint density at radius 2 is 1.75 bits per heavy atom. The summed E-state index contributed by atoms with van der Waals surface area (Å²) in [6, 6.07) is 13.3. The monoisotopic (exact) mass is 462 g/mol. The Balaban J connectivity index is 2.20. The minimum Gasteiger partial charge on any atom is -0.495 e. The first-order valence-electron chi connectivity index (χ1n) is 10.4. The van der Waals surface area contributed by atoms with Crippen molar-refractivity contribution in [3.05, 3.63) is 59.7 Å². The van der Waals surface area contributed by atoms with Gasteiger partial charge in [0.15, 0.2) is 0 Å². The van der Waals surface area contributed by atoms with Gasteiger partial charge >= 0.3 is 5.97 Å². The Kier molecular flexibility index (Phi) is 9.22. The Bertz CT molecular complexity index is 1020. The molecule has 0 fully saturated rings. The molecule has 1 amide bonds. The van der Waals surface area contributed by atoms with Gasteiger partial charge in [0, 0.05) is 18.2 Å². The molecule has 0 aromatic heterocycles. The molecule has 32 heavy (non-hydrogen) atoms. The number of hydrogen-bond acceptors (Lipinski definition) is 6. The smallest absolute Gasteiger partial charge is 0.311 e. The molecule has 1 unspecified atom stereocenters. The number of benzene rings is 2. The van der Waals surface area contributed by atoms with Crippen molar-refractivity contribution in [3.8, 4) is 5.75 Å². The summed E-state index contributed by atoms with van der Waals surface area (Å²) >= 11 is 0. The quantitative estimate of drug-likeness (QED) is 0.497. The lowest BCUT2D eigenvalue weighted by molar-refractivity contribution is -0.147. The zero-order valence-electron chi connectivity index (χ0n) is 18.8. The molecule has 174 valence electrons. The van der Waals surface area contributed by atoms with Crippen LogP contribution in [0.5, 0.6) is 5.75 Å². The van der Waals surface area contributed by atoms with Crippen LogP contribution in [-0.2, 0) is 26.0 Å². The largest absolute Gasteiger partial charge is 0.495 e. The van der Waals surface area contributed by atoms with Crippen LogP contribution in [0, 0.1) is 5.92 Å². The zero-order chi connectivity index (χ0) is 23.7. The first-order valence-corrected chi connectivity index (χ1v) is 11.8. The highest BCUT2D eigenvalue weighted by Gasteiger charge is 2.24. The molecule has 9 heteroatoms. The fourth-order valence-corrected chi connectivity index (χ4v) is 4.56. The summed E-state index contributed by atoms with van der Waals surface area (Å²) in [6.07, 6.45) is 0.403. The Morgan fingerprint density at radius 1 is 1.06 bits per heavy atom. The van der Waals surface area contributed by atoms with Gasteiger partial charge in [-0.15, -0.1) is 0 Å². The summed E-state index contributed by atoms with van der Waals surface area (Å²) in [5.41, 5.74) is 1.08. The highest BCUT2D eigenvalue weighted by Crippen LogP contribution is 2.25. The molecule has 0 saturated carbocycles. The van der Waals surface area contributed by atoms with Crippen LogP contribution in [-0.4, -0.2) is 46.6 Å². The van der Waals surface area contributed by atoms with Gasteiger partial charge in [0.1, 0.15) is 10.6 Å². The molecule has 0 aliphatic rings. The second-order valence-corrected chi connectivity index (χ2v) is 9.17. The lowest BCUT2D eigenvalue weighted by Crippen LogP contribution is -2.35. The number of amides is 1. The zero-order valence-corrected chi connectivity index (χ0v) is 19.6. The third-order valence-electron chi connectivity index (χ3n) is 4.56. The summed E-state index contributed by atoms with van der Waals surface area (Å²) in [5, 5.41) is 2.72. The van der Waals surface area contributed by atoms with Crippen molar-refractivity contribution in [3.63, 3.8) is 0 Å². The van der Waals surface area contributed by atoms with Gasteiger partial charge in [0.25, 0.3) is 5.91 Å². The predicted octanol–water partition coefficient (Wildman–Crippen LogP) is 2.53. The number of carbonyl (C=O) groups excluding carboxylic acids is 2. The molecule has 0 aliphatic carbocycles. The van der Waals surface area contributed by atoms with Crippen LogP contribution in [0.25, 0.3) is 0 Å². The molecule has 0 bridgehead atoms. The van der Waals surface area contributed by atoms with E-state index < -0.39 is 27.8 Å². The lowest BCUT2D eigenvalue weighted by Gasteiger charge is -2.17. The summed E-state index contributed by atoms with van der Waals surface area (Å²) in [7, 11) is -2.52. The van der Waals surface area contributed by atoms with Gasteiger partial charge in [-0.2, -0.15) is 0 Å². The topological polar surface area (TPSA) is 111 Å². The number of nitrogens with one attached hydrogen (secondary N) is 2. The number of sulfonamides is 1. The van der Waals surface area contributed by atoms with Gasteiger partial charge in [-0.05, 0) is 51.0 Å². The van der Waals surface area contributed by atoms with Crippen LogP contribution in [0.1, 0.15) is 36.7 Å². The van der Waals surface area contributed by atoms with Crippen LogP contribution in [0.15, 0.2) is 53.4 Å². The van der Waals surface area contributed by atoms with E-state index in [1.165, 1.54) is 25.3 Å². The summed E-state index contributed by atoms with van der Waals surface area (Å²) < 4.78 is 38.1. The second kappa shape index (κ2) is 11.6. The molecule has 2 N–H and O–H groups in total. The molecule has 0 heterocycles. The Morgan fingerprint density at radius 3 is 2.34 bits per heavy atom. The summed E-state index contributed by atoms with van der Waals surface area (Å²) in [5.74, 6) is -1.36. The maximum Gasteiger partial charge on any atom is 0.311 e. The maximum absolute atomic E-state index is 12.8. The Hall–Kier alpha value is -2.91. The van der Waals surface area contributed by atoms with E-state index in [2.05, 4.69) is 10.0 Å². The molecule has 0 radical (unpaired) electrons. The molecule has 2 rings (SSSR count). The second-order valence-electron chi connectivity index (χ2n) is 7.49. The van der Waals surface area contributed by atoms with E-state index in [4.69, 9.17) is 9.47 Å². The lowest BCUT2D eigenvalue weighted by atomic mass is 9.99. The van der Waals surface area contributed by atoms with Gasteiger partial charge in [-0.1, -0.05) is 30.3 Å². The van der Waals surface area contributed by atoms with E-state index in [1.807, 2.05) is 30.3 Å². The average Bonchev–Trinajstić information content (AvgIpc) is 2.75. The minimum absolute atomic E-state index is 0.0465. The van der Waals surface area contributed by atoms with E-state index in [-0.39, 0.29) is 35.4 Å². The third-order valence-corrected chi connectivity index (χ3v) is 6.24. The third kappa shape index (κ3) is 7.06. The molecule has 2 aromatic rings. The minimum atomic E-state index is -3.88. The van der Waals surface area contributed by atoms with Crippen molar-refractivity contribution >= 4 is 21.9 Å². The highest BCUT2D eigenvalue weighted by atomic mass is 32.2. The van der Waals surface area contributed by atoms with Crippen molar-refractivity contribution in [1.82, 2.24) is 10.0 Å². The van der Waals surface area contributed by atoms with Crippen LogP contribution >= 0.6 is 0 Å². The number of esters is 1. The fourth-order valence-electron chi connectivity index (χ4n) is 3.12. The molecular formula is C23H30N2O6S. The van der Waals surface area contributed by atoms with Crippen molar-refractivity contribution in [2.24, 2.45) is 5.92 Å². The molecule has 2 aromatic carbocycles.